The van der Waals surface area contributed by atoms with Crippen LogP contribution >= 0.6 is 11.3 Å². The van der Waals surface area contributed by atoms with Crippen LogP contribution in [-0.4, -0.2) is 17.4 Å². The van der Waals surface area contributed by atoms with Crippen molar-refractivity contribution in [2.24, 2.45) is 0 Å². The summed E-state index contributed by atoms with van der Waals surface area (Å²) in [6, 6.07) is 6.13. The number of fused-ring (bicyclic) bond motifs is 1. The van der Waals surface area contributed by atoms with Gasteiger partial charge in [0.25, 0.3) is 0 Å². The minimum Gasteiger partial charge on any atom is -0.493 e. The van der Waals surface area contributed by atoms with Crippen molar-refractivity contribution in [2.75, 3.05) is 6.61 Å². The number of aromatic nitrogens is 1. The van der Waals surface area contributed by atoms with Crippen molar-refractivity contribution in [2.45, 2.75) is 33.6 Å². The highest BCUT2D eigenvalue weighted by Crippen LogP contribution is 2.32. The lowest BCUT2D eigenvalue weighted by molar-refractivity contribution is 0.102. The van der Waals surface area contributed by atoms with E-state index in [1.807, 2.05) is 26.0 Å². The Bertz CT molecular complexity index is 604. The molecule has 0 spiro atoms. The number of hydrogen-bond acceptors (Lipinski definition) is 4. The molecule has 0 radical (unpaired) electrons. The molecular weight excluding hydrogens is 270 g/mol. The van der Waals surface area contributed by atoms with Gasteiger partial charge in [-0.05, 0) is 36.6 Å². The minimum atomic E-state index is 0.0695. The molecule has 0 saturated carbocycles. The molecule has 0 amide bonds. The van der Waals surface area contributed by atoms with Crippen molar-refractivity contribution >= 4 is 17.1 Å². The molecule has 1 aliphatic rings. The highest BCUT2D eigenvalue weighted by atomic mass is 32.1. The van der Waals surface area contributed by atoms with Gasteiger partial charge in [-0.25, -0.2) is 4.98 Å². The predicted molar refractivity (Wildman–Crippen MR) is 82.7 cm³/mol. The van der Waals surface area contributed by atoms with Gasteiger partial charge < -0.3 is 4.74 Å². The minimum absolute atomic E-state index is 0.0695. The lowest BCUT2D eigenvalue weighted by Gasteiger charge is -2.17. The maximum Gasteiger partial charge on any atom is 0.171 e. The number of carbonyl (C=O) groups is 1. The van der Waals surface area contributed by atoms with E-state index in [0.717, 1.165) is 35.8 Å². The molecular formula is C16H19NO2S. The Morgan fingerprint density at radius 2 is 2.15 bits per heavy atom. The molecule has 0 fully saturated rings. The molecule has 0 atom stereocenters. The van der Waals surface area contributed by atoms with Gasteiger partial charge in [-0.2, -0.15) is 0 Å². The van der Waals surface area contributed by atoms with Gasteiger partial charge in [0.15, 0.2) is 5.78 Å². The van der Waals surface area contributed by atoms with Gasteiger partial charge in [0.05, 0.1) is 11.5 Å². The first kappa shape index (κ1) is 14.7. The first-order chi connectivity index (χ1) is 9.74. The Kier molecular flexibility index (Phi) is 4.90. The van der Waals surface area contributed by atoms with Gasteiger partial charge in [0, 0.05) is 18.7 Å². The van der Waals surface area contributed by atoms with Gasteiger partial charge in [0.1, 0.15) is 10.8 Å². The van der Waals surface area contributed by atoms with E-state index in [-0.39, 0.29) is 5.78 Å². The largest absolute Gasteiger partial charge is 0.493 e. The van der Waals surface area contributed by atoms with Crippen molar-refractivity contribution in [3.8, 4) is 16.3 Å². The van der Waals surface area contributed by atoms with Gasteiger partial charge >= 0.3 is 0 Å². The second kappa shape index (κ2) is 6.66. The summed E-state index contributed by atoms with van der Waals surface area (Å²) >= 11 is 1.44. The maximum atomic E-state index is 11.3. The highest BCUT2D eigenvalue weighted by molar-refractivity contribution is 7.16. The van der Waals surface area contributed by atoms with Crippen LogP contribution in [0.4, 0.5) is 0 Å². The highest BCUT2D eigenvalue weighted by Gasteiger charge is 2.13. The summed E-state index contributed by atoms with van der Waals surface area (Å²) in [4.78, 5) is 16.3. The first-order valence-electron chi connectivity index (χ1n) is 6.97. The SMILES string of the molecule is CC.CC(=O)c1cnc(-c2ccc3c(c2)CCCO3)s1. The molecule has 1 aromatic heterocycles. The number of benzene rings is 1. The Morgan fingerprint density at radius 3 is 2.85 bits per heavy atom. The monoisotopic (exact) mass is 289 g/mol. The van der Waals surface area contributed by atoms with Gasteiger partial charge in [-0.1, -0.05) is 13.8 Å². The second-order valence-electron chi connectivity index (χ2n) is 4.36. The van der Waals surface area contributed by atoms with Crippen molar-refractivity contribution in [1.29, 1.82) is 0 Å². The Hall–Kier alpha value is -1.68. The fourth-order valence-electron chi connectivity index (χ4n) is 2.06. The molecule has 0 bridgehead atoms. The molecule has 4 heteroatoms. The van der Waals surface area contributed by atoms with Gasteiger partial charge in [0.2, 0.25) is 0 Å². The number of rotatable bonds is 2. The van der Waals surface area contributed by atoms with Crippen LogP contribution < -0.4 is 4.74 Å². The Morgan fingerprint density at radius 1 is 1.35 bits per heavy atom. The summed E-state index contributed by atoms with van der Waals surface area (Å²) in [5.41, 5.74) is 2.30. The second-order valence-corrected chi connectivity index (χ2v) is 5.39. The molecule has 20 heavy (non-hydrogen) atoms. The summed E-state index contributed by atoms with van der Waals surface area (Å²) in [6.07, 6.45) is 3.76. The van der Waals surface area contributed by atoms with Crippen molar-refractivity contribution < 1.29 is 9.53 Å². The number of ketones is 1. The number of ether oxygens (including phenoxy) is 1. The normalized spacial score (nSPS) is 12.8. The molecule has 1 aromatic carbocycles. The van der Waals surface area contributed by atoms with E-state index in [2.05, 4.69) is 11.1 Å². The molecule has 3 rings (SSSR count). The predicted octanol–water partition coefficient (Wildman–Crippen LogP) is 4.36. The molecule has 2 aromatic rings. The van der Waals surface area contributed by atoms with Crippen LogP contribution in [-0.2, 0) is 6.42 Å². The van der Waals surface area contributed by atoms with Crippen LogP contribution in [0.15, 0.2) is 24.4 Å². The van der Waals surface area contributed by atoms with Gasteiger partial charge in [-0.3, -0.25) is 4.79 Å². The van der Waals surface area contributed by atoms with E-state index in [9.17, 15) is 4.79 Å². The number of aryl methyl sites for hydroxylation is 1. The maximum absolute atomic E-state index is 11.3. The lowest BCUT2D eigenvalue weighted by Crippen LogP contribution is -2.07. The molecule has 2 heterocycles. The zero-order valence-electron chi connectivity index (χ0n) is 12.1. The van der Waals surface area contributed by atoms with E-state index < -0.39 is 0 Å². The number of nitrogens with zero attached hydrogens (tertiary/aromatic N) is 1. The first-order valence-corrected chi connectivity index (χ1v) is 7.78. The van der Waals surface area contributed by atoms with Crippen LogP contribution in [0.2, 0.25) is 0 Å². The zero-order valence-corrected chi connectivity index (χ0v) is 12.9. The van der Waals surface area contributed by atoms with Crippen LogP contribution in [0.5, 0.6) is 5.75 Å². The average Bonchev–Trinajstić information content (AvgIpc) is 2.99. The molecule has 0 saturated heterocycles. The summed E-state index contributed by atoms with van der Waals surface area (Å²) in [7, 11) is 0. The zero-order chi connectivity index (χ0) is 14.5. The van der Waals surface area contributed by atoms with Crippen molar-refractivity contribution in [3.63, 3.8) is 0 Å². The number of carbonyl (C=O) groups excluding carboxylic acids is 1. The fraction of sp³-hybridized carbons (Fsp3) is 0.375. The Balaban J connectivity index is 0.000000704. The summed E-state index contributed by atoms with van der Waals surface area (Å²) in [5, 5.41) is 0.897. The van der Waals surface area contributed by atoms with Crippen LogP contribution in [0.1, 0.15) is 42.4 Å². The molecule has 0 N–H and O–H groups in total. The van der Waals surface area contributed by atoms with Gasteiger partial charge in [-0.15, -0.1) is 11.3 Å². The lowest BCUT2D eigenvalue weighted by atomic mass is 10.0. The molecule has 0 unspecified atom stereocenters. The molecule has 106 valence electrons. The quantitative estimate of drug-likeness (QED) is 0.771. The summed E-state index contributed by atoms with van der Waals surface area (Å²) < 4.78 is 5.59. The number of Topliss-reactive ketones (excluding diaryl/α,β-unsaturated/α-hetero) is 1. The standard InChI is InChI=1S/C14H13NO2S.C2H6/c1-9(16)13-8-15-14(18-13)11-4-5-12-10(7-11)3-2-6-17-12;1-2/h4-5,7-8H,2-3,6H2,1H3;1-2H3. The van der Waals surface area contributed by atoms with E-state index in [1.54, 1.807) is 13.1 Å². The number of thiazole rings is 1. The molecule has 3 nitrogen and oxygen atoms in total. The van der Waals surface area contributed by atoms with E-state index in [1.165, 1.54) is 16.9 Å². The average molecular weight is 289 g/mol. The summed E-state index contributed by atoms with van der Waals surface area (Å²) in [5.74, 6) is 1.05. The third-order valence-corrected chi connectivity index (χ3v) is 4.16. The smallest absolute Gasteiger partial charge is 0.171 e. The third kappa shape index (κ3) is 3.07. The van der Waals surface area contributed by atoms with E-state index in [4.69, 9.17) is 4.74 Å². The summed E-state index contributed by atoms with van der Waals surface area (Å²) in [6.45, 7) is 6.37. The Labute approximate surface area is 123 Å². The fourth-order valence-corrected chi connectivity index (χ4v) is 2.87. The van der Waals surface area contributed by atoms with Crippen LogP contribution in [0.25, 0.3) is 10.6 Å². The molecule has 0 aliphatic carbocycles. The number of hydrogen-bond donors (Lipinski definition) is 0. The van der Waals surface area contributed by atoms with E-state index >= 15 is 0 Å². The van der Waals surface area contributed by atoms with E-state index in [0.29, 0.717) is 4.88 Å². The topological polar surface area (TPSA) is 39.2 Å². The molecule has 1 aliphatic heterocycles. The van der Waals surface area contributed by atoms with Crippen LogP contribution in [0, 0.1) is 0 Å². The van der Waals surface area contributed by atoms with Crippen LogP contribution in [0.3, 0.4) is 0 Å². The van der Waals surface area contributed by atoms with Crippen molar-refractivity contribution in [3.05, 3.63) is 34.8 Å². The third-order valence-electron chi connectivity index (χ3n) is 3.01. The van der Waals surface area contributed by atoms with Crippen molar-refractivity contribution in [1.82, 2.24) is 4.98 Å².